The first kappa shape index (κ1) is 17.3. The van der Waals surface area contributed by atoms with Crippen LogP contribution in [0.4, 0.5) is 0 Å². The monoisotopic (exact) mass is 364 g/mol. The minimum Gasteiger partial charge on any atom is -0.387 e. The van der Waals surface area contributed by atoms with Crippen molar-refractivity contribution in [3.05, 3.63) is 35.1 Å². The number of amides is 1. The molecular weight excluding hydrogens is 344 g/mol. The maximum Gasteiger partial charge on any atom is 0.233 e. The van der Waals surface area contributed by atoms with E-state index in [4.69, 9.17) is 0 Å². The van der Waals surface area contributed by atoms with Crippen LogP contribution in [0, 0.1) is 12.8 Å². The molecule has 6 nitrogen and oxygen atoms in total. The molecule has 128 valence electrons. The number of aliphatic hydroxyl groups is 1. The molecule has 1 fully saturated rings. The van der Waals surface area contributed by atoms with Gasteiger partial charge in [-0.3, -0.25) is 9.78 Å². The lowest BCUT2D eigenvalue weighted by molar-refractivity contribution is -0.130. The molecule has 1 atom stereocenters. The van der Waals surface area contributed by atoms with Crippen molar-refractivity contribution in [2.45, 2.75) is 30.2 Å². The molecule has 1 unspecified atom stereocenters. The van der Waals surface area contributed by atoms with Crippen LogP contribution in [-0.4, -0.2) is 49.9 Å². The number of nitrogens with zero attached hydrogens (tertiary/aromatic N) is 4. The molecule has 2 aromatic heterocycles. The Hall–Kier alpha value is -1.51. The second kappa shape index (κ2) is 8.04. The number of piperidine rings is 1. The average Bonchev–Trinajstić information content (AvgIpc) is 3.05. The molecule has 2 aromatic rings. The number of hydrogen-bond donors (Lipinski definition) is 1. The summed E-state index contributed by atoms with van der Waals surface area (Å²) >= 11 is 2.95. The maximum atomic E-state index is 12.3. The number of aryl methyl sites for hydroxylation is 1. The van der Waals surface area contributed by atoms with Gasteiger partial charge in [0.1, 0.15) is 5.01 Å². The molecule has 1 saturated heterocycles. The molecule has 3 heterocycles. The molecule has 0 aliphatic carbocycles. The van der Waals surface area contributed by atoms with E-state index in [2.05, 4.69) is 15.2 Å². The van der Waals surface area contributed by atoms with Gasteiger partial charge in [0.05, 0.1) is 17.6 Å². The van der Waals surface area contributed by atoms with Crippen molar-refractivity contribution in [2.24, 2.45) is 5.92 Å². The number of carbonyl (C=O) groups is 1. The third kappa shape index (κ3) is 4.31. The van der Waals surface area contributed by atoms with Gasteiger partial charge in [0, 0.05) is 19.3 Å². The van der Waals surface area contributed by atoms with Gasteiger partial charge in [0.25, 0.3) is 0 Å². The fraction of sp³-hybridized carbons (Fsp3) is 0.500. The minimum atomic E-state index is -0.554. The summed E-state index contributed by atoms with van der Waals surface area (Å²) in [5, 5.41) is 19.3. The normalized spacial score (nSPS) is 17.0. The van der Waals surface area contributed by atoms with Crippen molar-refractivity contribution >= 4 is 29.0 Å². The van der Waals surface area contributed by atoms with Crippen LogP contribution in [0.1, 0.15) is 29.6 Å². The molecule has 8 heteroatoms. The van der Waals surface area contributed by atoms with Crippen molar-refractivity contribution < 1.29 is 9.90 Å². The topological polar surface area (TPSA) is 79.2 Å². The number of thioether (sulfide) groups is 1. The highest BCUT2D eigenvalue weighted by molar-refractivity contribution is 8.01. The Bertz CT molecular complexity index is 672. The fourth-order valence-electron chi connectivity index (χ4n) is 2.81. The van der Waals surface area contributed by atoms with Crippen LogP contribution in [-0.2, 0) is 4.79 Å². The molecule has 0 radical (unpaired) electrons. The van der Waals surface area contributed by atoms with Gasteiger partial charge < -0.3 is 10.0 Å². The predicted octanol–water partition coefficient (Wildman–Crippen LogP) is 2.31. The molecule has 0 aromatic carbocycles. The van der Waals surface area contributed by atoms with Gasteiger partial charge in [-0.05, 0) is 37.8 Å². The second-order valence-corrected chi connectivity index (χ2v) is 8.20. The summed E-state index contributed by atoms with van der Waals surface area (Å²) in [5.41, 5.74) is 0.712. The van der Waals surface area contributed by atoms with Crippen LogP contribution in [0.25, 0.3) is 0 Å². The first-order chi connectivity index (χ1) is 11.6. The van der Waals surface area contributed by atoms with Crippen molar-refractivity contribution in [3.8, 4) is 0 Å². The summed E-state index contributed by atoms with van der Waals surface area (Å²) in [6.45, 7) is 3.27. The van der Waals surface area contributed by atoms with E-state index in [9.17, 15) is 9.90 Å². The van der Waals surface area contributed by atoms with Gasteiger partial charge in [0.2, 0.25) is 5.91 Å². The van der Waals surface area contributed by atoms with Crippen LogP contribution < -0.4 is 0 Å². The first-order valence-electron chi connectivity index (χ1n) is 7.93. The third-order valence-electron chi connectivity index (χ3n) is 4.16. The molecule has 1 aliphatic rings. The molecule has 0 bridgehead atoms. The number of hydrogen-bond acceptors (Lipinski definition) is 7. The molecular formula is C16H20N4O2S2. The van der Waals surface area contributed by atoms with Crippen LogP contribution >= 0.6 is 23.1 Å². The van der Waals surface area contributed by atoms with Gasteiger partial charge in [-0.2, -0.15) is 0 Å². The summed E-state index contributed by atoms with van der Waals surface area (Å²) in [7, 11) is 0. The van der Waals surface area contributed by atoms with Crippen LogP contribution in [0.3, 0.4) is 0 Å². The van der Waals surface area contributed by atoms with Crippen molar-refractivity contribution in [1.82, 2.24) is 20.1 Å². The molecule has 0 spiro atoms. The van der Waals surface area contributed by atoms with Crippen molar-refractivity contribution in [1.29, 1.82) is 0 Å². The van der Waals surface area contributed by atoms with Gasteiger partial charge in [-0.25, -0.2) is 0 Å². The molecule has 1 N–H and O–H groups in total. The largest absolute Gasteiger partial charge is 0.387 e. The number of likely N-dealkylation sites (tertiary alicyclic amines) is 1. The number of aliphatic hydroxyl groups excluding tert-OH is 1. The SMILES string of the molecule is Cc1nnc(SCC(=O)N2CCC(C(O)c3ccccn3)CC2)s1. The van der Waals surface area contributed by atoms with E-state index >= 15 is 0 Å². The summed E-state index contributed by atoms with van der Waals surface area (Å²) in [4.78, 5) is 18.4. The van der Waals surface area contributed by atoms with Gasteiger partial charge in [-0.15, -0.1) is 10.2 Å². The van der Waals surface area contributed by atoms with E-state index in [1.807, 2.05) is 30.0 Å². The van der Waals surface area contributed by atoms with E-state index in [1.165, 1.54) is 23.1 Å². The average molecular weight is 364 g/mol. The Balaban J connectivity index is 1.47. The Kier molecular flexibility index (Phi) is 5.80. The highest BCUT2D eigenvalue weighted by Gasteiger charge is 2.28. The summed E-state index contributed by atoms with van der Waals surface area (Å²) < 4.78 is 0.835. The van der Waals surface area contributed by atoms with E-state index < -0.39 is 6.10 Å². The molecule has 24 heavy (non-hydrogen) atoms. The Morgan fingerprint density at radius 3 is 2.83 bits per heavy atom. The highest BCUT2D eigenvalue weighted by atomic mass is 32.2. The third-order valence-corrected chi connectivity index (χ3v) is 6.11. The number of pyridine rings is 1. The predicted molar refractivity (Wildman–Crippen MR) is 93.9 cm³/mol. The Labute approximate surface area is 149 Å². The molecule has 1 amide bonds. The van der Waals surface area contributed by atoms with E-state index in [0.717, 1.165) is 22.2 Å². The fourth-order valence-corrected chi connectivity index (χ4v) is 4.53. The van der Waals surface area contributed by atoms with Crippen molar-refractivity contribution in [3.63, 3.8) is 0 Å². The second-order valence-electron chi connectivity index (χ2n) is 5.79. The summed E-state index contributed by atoms with van der Waals surface area (Å²) in [6.07, 6.45) is 2.74. The first-order valence-corrected chi connectivity index (χ1v) is 9.73. The zero-order chi connectivity index (χ0) is 16.9. The van der Waals surface area contributed by atoms with Crippen LogP contribution in [0.5, 0.6) is 0 Å². The maximum absolute atomic E-state index is 12.3. The van der Waals surface area contributed by atoms with Gasteiger partial charge in [0.15, 0.2) is 4.34 Å². The van der Waals surface area contributed by atoms with Crippen LogP contribution in [0.2, 0.25) is 0 Å². The van der Waals surface area contributed by atoms with Crippen molar-refractivity contribution in [2.75, 3.05) is 18.8 Å². The Morgan fingerprint density at radius 1 is 1.42 bits per heavy atom. The Morgan fingerprint density at radius 2 is 2.21 bits per heavy atom. The zero-order valence-corrected chi connectivity index (χ0v) is 15.1. The lowest BCUT2D eigenvalue weighted by Crippen LogP contribution is -2.40. The minimum absolute atomic E-state index is 0.124. The lowest BCUT2D eigenvalue weighted by atomic mass is 9.89. The van der Waals surface area contributed by atoms with Gasteiger partial charge in [-0.1, -0.05) is 29.2 Å². The number of aromatic nitrogens is 3. The van der Waals surface area contributed by atoms with E-state index in [1.54, 1.807) is 6.20 Å². The van der Waals surface area contributed by atoms with Gasteiger partial charge >= 0.3 is 0 Å². The molecule has 1 aliphatic heterocycles. The molecule has 0 saturated carbocycles. The standard InChI is InChI=1S/C16H20N4O2S2/c1-11-18-19-16(24-11)23-10-14(21)20-8-5-12(6-9-20)15(22)13-4-2-3-7-17-13/h2-4,7,12,15,22H,5-6,8-10H2,1H3. The summed E-state index contributed by atoms with van der Waals surface area (Å²) in [6, 6.07) is 5.58. The summed E-state index contributed by atoms with van der Waals surface area (Å²) in [5.74, 6) is 0.670. The zero-order valence-electron chi connectivity index (χ0n) is 13.5. The quantitative estimate of drug-likeness (QED) is 0.820. The highest BCUT2D eigenvalue weighted by Crippen LogP contribution is 2.30. The smallest absolute Gasteiger partial charge is 0.233 e. The van der Waals surface area contributed by atoms with Crippen LogP contribution in [0.15, 0.2) is 28.7 Å². The van der Waals surface area contributed by atoms with E-state index in [-0.39, 0.29) is 11.8 Å². The lowest BCUT2D eigenvalue weighted by Gasteiger charge is -2.34. The molecule has 3 rings (SSSR count). The number of carbonyl (C=O) groups excluding carboxylic acids is 1. The van der Waals surface area contributed by atoms with E-state index in [0.29, 0.717) is 24.5 Å². The number of rotatable bonds is 5.